The van der Waals surface area contributed by atoms with Crippen molar-refractivity contribution in [1.29, 1.82) is 0 Å². The first-order valence-electron chi connectivity index (χ1n) is 7.50. The van der Waals surface area contributed by atoms with Gasteiger partial charge in [0.15, 0.2) is 0 Å². The van der Waals surface area contributed by atoms with Gasteiger partial charge >= 0.3 is 0 Å². The quantitative estimate of drug-likeness (QED) is 0.671. The van der Waals surface area contributed by atoms with Crippen LogP contribution < -0.4 is 5.32 Å². The van der Waals surface area contributed by atoms with E-state index in [2.05, 4.69) is 5.32 Å². The van der Waals surface area contributed by atoms with Crippen LogP contribution >= 0.6 is 0 Å². The lowest BCUT2D eigenvalue weighted by Crippen LogP contribution is -2.60. The SMILES string of the molecule is O=[N+]([O-])c1ccc(S(=O)(=O)N2CCNC3CCCCC32)cc1. The molecule has 1 heterocycles. The van der Waals surface area contributed by atoms with E-state index in [9.17, 15) is 18.5 Å². The van der Waals surface area contributed by atoms with Gasteiger partial charge in [-0.3, -0.25) is 10.1 Å². The normalized spacial score (nSPS) is 26.4. The Morgan fingerprint density at radius 1 is 1.18 bits per heavy atom. The Bertz CT molecular complexity index is 657. The van der Waals surface area contributed by atoms with Gasteiger partial charge in [-0.1, -0.05) is 12.8 Å². The minimum Gasteiger partial charge on any atom is -0.311 e. The lowest BCUT2D eigenvalue weighted by atomic mass is 9.89. The number of rotatable bonds is 3. The van der Waals surface area contributed by atoms with Crippen LogP contribution in [0.3, 0.4) is 0 Å². The average Bonchev–Trinajstić information content (AvgIpc) is 2.54. The summed E-state index contributed by atoms with van der Waals surface area (Å²) < 4.78 is 27.3. The van der Waals surface area contributed by atoms with Gasteiger partial charge in [0.1, 0.15) is 0 Å². The average molecular weight is 325 g/mol. The van der Waals surface area contributed by atoms with Crippen molar-refractivity contribution in [2.45, 2.75) is 42.7 Å². The Balaban J connectivity index is 1.89. The van der Waals surface area contributed by atoms with Crippen molar-refractivity contribution in [2.75, 3.05) is 13.1 Å². The fourth-order valence-electron chi connectivity index (χ4n) is 3.39. The Labute approximate surface area is 129 Å². The number of nitrogens with one attached hydrogen (secondary N) is 1. The molecule has 2 fully saturated rings. The molecule has 1 aliphatic carbocycles. The lowest BCUT2D eigenvalue weighted by Gasteiger charge is -2.43. The standard InChI is InChI=1S/C14H19N3O4S/c18-17(19)11-5-7-12(8-6-11)22(20,21)16-10-9-15-13-3-1-2-4-14(13)16/h5-8,13-15H,1-4,9-10H2. The number of fused-ring (bicyclic) bond motifs is 1. The summed E-state index contributed by atoms with van der Waals surface area (Å²) >= 11 is 0. The molecule has 8 heteroatoms. The zero-order valence-electron chi connectivity index (χ0n) is 12.1. The van der Waals surface area contributed by atoms with Crippen molar-refractivity contribution in [1.82, 2.24) is 9.62 Å². The third-order valence-electron chi connectivity index (χ3n) is 4.49. The van der Waals surface area contributed by atoms with E-state index in [-0.39, 0.29) is 22.7 Å². The molecule has 3 rings (SSSR count). The predicted molar refractivity (Wildman–Crippen MR) is 81.0 cm³/mol. The van der Waals surface area contributed by atoms with E-state index in [4.69, 9.17) is 0 Å². The second-order valence-electron chi connectivity index (χ2n) is 5.78. The first-order chi connectivity index (χ1) is 10.5. The number of non-ortho nitro benzene ring substituents is 1. The van der Waals surface area contributed by atoms with Crippen LogP contribution in [-0.2, 0) is 10.0 Å². The van der Waals surface area contributed by atoms with Gasteiger partial charge in [0.05, 0.1) is 9.82 Å². The van der Waals surface area contributed by atoms with Crippen LogP contribution in [0.2, 0.25) is 0 Å². The van der Waals surface area contributed by atoms with E-state index in [1.165, 1.54) is 24.3 Å². The number of hydrogen-bond acceptors (Lipinski definition) is 5. The van der Waals surface area contributed by atoms with E-state index in [1.54, 1.807) is 4.31 Å². The number of piperazine rings is 1. The van der Waals surface area contributed by atoms with Gasteiger partial charge in [-0.05, 0) is 25.0 Å². The van der Waals surface area contributed by atoms with Crippen molar-refractivity contribution >= 4 is 15.7 Å². The second kappa shape index (κ2) is 5.94. The van der Waals surface area contributed by atoms with Gasteiger partial charge in [-0.15, -0.1) is 0 Å². The zero-order valence-corrected chi connectivity index (χ0v) is 13.0. The molecule has 120 valence electrons. The van der Waals surface area contributed by atoms with Crippen LogP contribution in [0, 0.1) is 10.1 Å². The molecular weight excluding hydrogens is 306 g/mol. The van der Waals surface area contributed by atoms with Gasteiger partial charge in [-0.2, -0.15) is 4.31 Å². The van der Waals surface area contributed by atoms with Gasteiger partial charge in [0.25, 0.3) is 5.69 Å². The van der Waals surface area contributed by atoms with Crippen LogP contribution in [0.15, 0.2) is 29.2 Å². The molecule has 22 heavy (non-hydrogen) atoms. The molecule has 2 unspecified atom stereocenters. The summed E-state index contributed by atoms with van der Waals surface area (Å²) in [5, 5.41) is 14.1. The van der Waals surface area contributed by atoms with Crippen molar-refractivity contribution in [3.63, 3.8) is 0 Å². The Hall–Kier alpha value is -1.51. The summed E-state index contributed by atoms with van der Waals surface area (Å²) in [6.45, 7) is 1.09. The summed E-state index contributed by atoms with van der Waals surface area (Å²) in [5.41, 5.74) is -0.102. The maximum absolute atomic E-state index is 12.9. The third kappa shape index (κ3) is 2.73. The van der Waals surface area contributed by atoms with Gasteiger partial charge < -0.3 is 5.32 Å². The first kappa shape index (κ1) is 15.4. The molecule has 2 aliphatic rings. The molecule has 1 aromatic rings. The van der Waals surface area contributed by atoms with Crippen LogP contribution in [0.5, 0.6) is 0 Å². The molecule has 2 atom stereocenters. The maximum atomic E-state index is 12.9. The molecule has 1 aliphatic heterocycles. The van der Waals surface area contributed by atoms with Crippen molar-refractivity contribution in [2.24, 2.45) is 0 Å². The lowest BCUT2D eigenvalue weighted by molar-refractivity contribution is -0.384. The van der Waals surface area contributed by atoms with E-state index in [0.717, 1.165) is 25.7 Å². The van der Waals surface area contributed by atoms with Crippen molar-refractivity contribution in [3.05, 3.63) is 34.4 Å². The summed E-state index contributed by atoms with van der Waals surface area (Å²) in [7, 11) is -3.60. The van der Waals surface area contributed by atoms with Crippen LogP contribution in [0.1, 0.15) is 25.7 Å². The molecule has 1 saturated heterocycles. The molecule has 0 bridgehead atoms. The van der Waals surface area contributed by atoms with Crippen LogP contribution in [0.25, 0.3) is 0 Å². The smallest absolute Gasteiger partial charge is 0.269 e. The van der Waals surface area contributed by atoms with Gasteiger partial charge in [-0.25, -0.2) is 8.42 Å². The summed E-state index contributed by atoms with van der Waals surface area (Å²) in [6, 6.07) is 5.35. The van der Waals surface area contributed by atoms with Crippen molar-refractivity contribution < 1.29 is 13.3 Å². The Kier molecular flexibility index (Phi) is 4.16. The summed E-state index contributed by atoms with van der Waals surface area (Å²) in [6.07, 6.45) is 4.02. The van der Waals surface area contributed by atoms with Gasteiger partial charge in [0.2, 0.25) is 10.0 Å². The second-order valence-corrected chi connectivity index (χ2v) is 7.67. The van der Waals surface area contributed by atoms with Crippen molar-refractivity contribution in [3.8, 4) is 0 Å². The largest absolute Gasteiger partial charge is 0.311 e. The monoisotopic (exact) mass is 325 g/mol. The highest BCUT2D eigenvalue weighted by atomic mass is 32.2. The number of hydrogen-bond donors (Lipinski definition) is 1. The number of nitro groups is 1. The fourth-order valence-corrected chi connectivity index (χ4v) is 5.08. The molecule has 1 saturated carbocycles. The van der Waals surface area contributed by atoms with E-state index in [1.807, 2.05) is 0 Å². The topological polar surface area (TPSA) is 92.5 Å². The molecular formula is C14H19N3O4S. The van der Waals surface area contributed by atoms with E-state index in [0.29, 0.717) is 13.1 Å². The minimum absolute atomic E-state index is 0.0114. The fraction of sp³-hybridized carbons (Fsp3) is 0.571. The molecule has 0 spiro atoms. The summed E-state index contributed by atoms with van der Waals surface area (Å²) in [4.78, 5) is 10.3. The zero-order chi connectivity index (χ0) is 15.7. The van der Waals surface area contributed by atoms with E-state index < -0.39 is 14.9 Å². The predicted octanol–water partition coefficient (Wildman–Crippen LogP) is 1.50. The highest BCUT2D eigenvalue weighted by Crippen LogP contribution is 2.30. The number of nitro benzene ring substituents is 1. The Morgan fingerprint density at radius 2 is 1.86 bits per heavy atom. The number of benzene rings is 1. The van der Waals surface area contributed by atoms with Crippen LogP contribution in [-0.4, -0.2) is 42.8 Å². The van der Waals surface area contributed by atoms with Gasteiger partial charge in [0, 0.05) is 37.3 Å². The highest BCUT2D eigenvalue weighted by Gasteiger charge is 2.39. The van der Waals surface area contributed by atoms with E-state index >= 15 is 0 Å². The number of nitrogens with zero attached hydrogens (tertiary/aromatic N) is 2. The van der Waals surface area contributed by atoms with Crippen LogP contribution in [0.4, 0.5) is 5.69 Å². The molecule has 7 nitrogen and oxygen atoms in total. The molecule has 0 amide bonds. The Morgan fingerprint density at radius 3 is 2.55 bits per heavy atom. The first-order valence-corrected chi connectivity index (χ1v) is 8.94. The highest BCUT2D eigenvalue weighted by molar-refractivity contribution is 7.89. The third-order valence-corrected chi connectivity index (χ3v) is 6.43. The molecule has 1 aromatic carbocycles. The summed E-state index contributed by atoms with van der Waals surface area (Å²) in [5.74, 6) is 0. The molecule has 0 aromatic heterocycles. The molecule has 0 radical (unpaired) electrons. The molecule has 1 N–H and O–H groups in total. The minimum atomic E-state index is -3.60. The maximum Gasteiger partial charge on any atom is 0.269 e. The number of sulfonamides is 1.